The lowest BCUT2D eigenvalue weighted by Crippen LogP contribution is -2.49. The van der Waals surface area contributed by atoms with Crippen molar-refractivity contribution in [1.29, 1.82) is 0 Å². The molecule has 2 N–H and O–H groups in total. The van der Waals surface area contributed by atoms with Gasteiger partial charge in [0.1, 0.15) is 5.60 Å². The highest BCUT2D eigenvalue weighted by molar-refractivity contribution is 6.83. The average molecular weight is 273 g/mol. The first-order valence-electron chi connectivity index (χ1n) is 7.02. The molecule has 0 aromatic carbocycles. The van der Waals surface area contributed by atoms with E-state index in [0.717, 1.165) is 5.20 Å². The lowest BCUT2D eigenvalue weighted by atomic mass is 9.90. The Balaban J connectivity index is 5.34. The van der Waals surface area contributed by atoms with E-state index in [1.807, 2.05) is 0 Å². The molecule has 0 fully saturated rings. The van der Waals surface area contributed by atoms with Crippen molar-refractivity contribution in [2.45, 2.75) is 72.4 Å². The molecule has 0 unspecified atom stereocenters. The van der Waals surface area contributed by atoms with Crippen molar-refractivity contribution >= 4 is 8.07 Å². The molecular weight excluding hydrogens is 240 g/mol. The Morgan fingerprint density at radius 2 is 1.61 bits per heavy atom. The molecule has 0 spiro atoms. The first-order valence-corrected chi connectivity index (χ1v) is 10.5. The fourth-order valence-corrected chi connectivity index (χ4v) is 4.89. The molecule has 0 aliphatic heterocycles. The molecular formula is C15H32O2Si. The zero-order valence-electron chi connectivity index (χ0n) is 13.4. The number of aliphatic hydroxyl groups excluding tert-OH is 1. The fraction of sp³-hybridized carbons (Fsp3) is 0.867. The highest BCUT2D eigenvalue weighted by Crippen LogP contribution is 2.32. The maximum atomic E-state index is 10.8. The lowest BCUT2D eigenvalue weighted by Gasteiger charge is -2.39. The van der Waals surface area contributed by atoms with Gasteiger partial charge in [-0.2, -0.15) is 0 Å². The van der Waals surface area contributed by atoms with Gasteiger partial charge in [-0.25, -0.2) is 0 Å². The minimum atomic E-state index is -1.65. The van der Waals surface area contributed by atoms with Gasteiger partial charge < -0.3 is 10.2 Å². The summed E-state index contributed by atoms with van der Waals surface area (Å²) in [6.45, 7) is 16.8. The lowest BCUT2D eigenvalue weighted by molar-refractivity contribution is -0.0400. The van der Waals surface area contributed by atoms with E-state index in [1.165, 1.54) is 0 Å². The normalized spacial score (nSPS) is 19.2. The summed E-state index contributed by atoms with van der Waals surface area (Å²) in [6, 6.07) is 0. The molecule has 0 aromatic rings. The van der Waals surface area contributed by atoms with Crippen molar-refractivity contribution in [3.8, 4) is 0 Å². The molecule has 0 radical (unpaired) electrons. The number of rotatable bonds is 6. The van der Waals surface area contributed by atoms with Crippen molar-refractivity contribution in [3.63, 3.8) is 0 Å². The smallest absolute Gasteiger partial charge is 0.105 e. The van der Waals surface area contributed by atoms with Crippen LogP contribution in [-0.2, 0) is 0 Å². The molecule has 0 aliphatic carbocycles. The maximum absolute atomic E-state index is 10.8. The first-order chi connectivity index (χ1) is 7.89. The van der Waals surface area contributed by atoms with Crippen LogP contribution in [0.25, 0.3) is 0 Å². The highest BCUT2D eigenvalue weighted by Gasteiger charge is 2.40. The van der Waals surface area contributed by atoms with Crippen LogP contribution in [0, 0.1) is 11.8 Å². The zero-order valence-corrected chi connectivity index (χ0v) is 14.4. The zero-order chi connectivity index (χ0) is 14.7. The standard InChI is InChI=1S/C15H32O2Si/c1-11(2)9-13(16)15(5,17)14(10-12(3)4)18(6,7)8/h10-13,16-17H,9H2,1-8H3/b14-10-/t13-,15-/m1/s1. The van der Waals surface area contributed by atoms with E-state index in [1.54, 1.807) is 6.92 Å². The van der Waals surface area contributed by atoms with Gasteiger partial charge in [0, 0.05) is 0 Å². The summed E-state index contributed by atoms with van der Waals surface area (Å²) in [5.41, 5.74) is -1.10. The third kappa shape index (κ3) is 5.25. The van der Waals surface area contributed by atoms with Crippen molar-refractivity contribution in [1.82, 2.24) is 0 Å². The van der Waals surface area contributed by atoms with Crippen LogP contribution in [0.2, 0.25) is 19.6 Å². The van der Waals surface area contributed by atoms with E-state index in [4.69, 9.17) is 0 Å². The predicted octanol–water partition coefficient (Wildman–Crippen LogP) is 3.60. The van der Waals surface area contributed by atoms with Gasteiger partial charge in [-0.1, -0.05) is 58.6 Å². The SMILES string of the molecule is CC(C)/C=C(/[C@](C)(O)[C@H](O)CC(C)C)[Si](C)(C)C. The molecule has 108 valence electrons. The van der Waals surface area contributed by atoms with Gasteiger partial charge in [0.2, 0.25) is 0 Å². The fourth-order valence-electron chi connectivity index (χ4n) is 2.37. The van der Waals surface area contributed by atoms with Crippen LogP contribution in [0.4, 0.5) is 0 Å². The van der Waals surface area contributed by atoms with E-state index in [9.17, 15) is 10.2 Å². The Morgan fingerprint density at radius 3 is 1.89 bits per heavy atom. The largest absolute Gasteiger partial charge is 0.390 e. The Hall–Kier alpha value is -0.123. The summed E-state index contributed by atoms with van der Waals surface area (Å²) < 4.78 is 0. The second-order valence-electron chi connectivity index (χ2n) is 7.37. The third-order valence-corrected chi connectivity index (χ3v) is 5.49. The molecule has 0 amide bonds. The maximum Gasteiger partial charge on any atom is 0.105 e. The van der Waals surface area contributed by atoms with E-state index < -0.39 is 19.8 Å². The summed E-state index contributed by atoms with van der Waals surface area (Å²) >= 11 is 0. The number of hydrogen-bond donors (Lipinski definition) is 2. The number of aliphatic hydroxyl groups is 2. The van der Waals surface area contributed by atoms with E-state index in [-0.39, 0.29) is 0 Å². The second-order valence-corrected chi connectivity index (χ2v) is 12.4. The Bertz CT molecular complexity index is 285. The summed E-state index contributed by atoms with van der Waals surface area (Å²) in [5.74, 6) is 0.776. The van der Waals surface area contributed by atoms with Gasteiger partial charge >= 0.3 is 0 Å². The Kier molecular flexibility index (Phi) is 6.31. The highest BCUT2D eigenvalue weighted by atomic mass is 28.3. The summed E-state index contributed by atoms with van der Waals surface area (Å²) in [7, 11) is -1.65. The summed E-state index contributed by atoms with van der Waals surface area (Å²) in [4.78, 5) is 0. The van der Waals surface area contributed by atoms with Crippen molar-refractivity contribution in [2.24, 2.45) is 11.8 Å². The topological polar surface area (TPSA) is 40.5 Å². The van der Waals surface area contributed by atoms with Gasteiger partial charge in [0.25, 0.3) is 0 Å². The molecule has 0 rings (SSSR count). The van der Waals surface area contributed by atoms with E-state index in [0.29, 0.717) is 18.3 Å². The van der Waals surface area contributed by atoms with Crippen molar-refractivity contribution in [2.75, 3.05) is 0 Å². The average Bonchev–Trinajstić information content (AvgIpc) is 2.10. The van der Waals surface area contributed by atoms with Gasteiger partial charge in [0.15, 0.2) is 0 Å². The second kappa shape index (κ2) is 6.35. The van der Waals surface area contributed by atoms with Gasteiger partial charge in [-0.3, -0.25) is 0 Å². The van der Waals surface area contributed by atoms with E-state index in [2.05, 4.69) is 53.4 Å². The Labute approximate surface area is 114 Å². The molecule has 0 aromatic heterocycles. The van der Waals surface area contributed by atoms with Crippen LogP contribution >= 0.6 is 0 Å². The third-order valence-electron chi connectivity index (χ3n) is 3.20. The van der Waals surface area contributed by atoms with Crippen LogP contribution in [0.5, 0.6) is 0 Å². The Morgan fingerprint density at radius 1 is 1.17 bits per heavy atom. The summed E-state index contributed by atoms with van der Waals surface area (Å²) in [6.07, 6.45) is 2.09. The van der Waals surface area contributed by atoms with Crippen LogP contribution < -0.4 is 0 Å². The van der Waals surface area contributed by atoms with Crippen LogP contribution in [0.3, 0.4) is 0 Å². The van der Waals surface area contributed by atoms with Crippen molar-refractivity contribution in [3.05, 3.63) is 11.3 Å². The quantitative estimate of drug-likeness (QED) is 0.725. The van der Waals surface area contributed by atoms with E-state index >= 15 is 0 Å². The predicted molar refractivity (Wildman–Crippen MR) is 82.4 cm³/mol. The van der Waals surface area contributed by atoms with Crippen LogP contribution in [0.1, 0.15) is 41.0 Å². The molecule has 3 heteroatoms. The van der Waals surface area contributed by atoms with Gasteiger partial charge in [0.05, 0.1) is 14.2 Å². The van der Waals surface area contributed by atoms with Gasteiger partial charge in [-0.05, 0) is 25.2 Å². The monoisotopic (exact) mass is 272 g/mol. The van der Waals surface area contributed by atoms with Crippen LogP contribution in [-0.4, -0.2) is 30.0 Å². The molecule has 18 heavy (non-hydrogen) atoms. The molecule has 2 nitrogen and oxygen atoms in total. The van der Waals surface area contributed by atoms with Crippen molar-refractivity contribution < 1.29 is 10.2 Å². The minimum absolute atomic E-state index is 0.383. The molecule has 2 atom stereocenters. The molecule has 0 heterocycles. The minimum Gasteiger partial charge on any atom is -0.390 e. The molecule has 0 saturated carbocycles. The molecule has 0 saturated heterocycles. The van der Waals surface area contributed by atoms with Gasteiger partial charge in [-0.15, -0.1) is 0 Å². The number of hydrogen-bond acceptors (Lipinski definition) is 2. The number of allylic oxidation sites excluding steroid dienone is 1. The molecule has 0 aliphatic rings. The summed E-state index contributed by atoms with van der Waals surface area (Å²) in [5, 5.41) is 22.2. The van der Waals surface area contributed by atoms with Crippen LogP contribution in [0.15, 0.2) is 11.3 Å². The molecule has 0 bridgehead atoms. The first kappa shape index (κ1) is 17.9.